The van der Waals surface area contributed by atoms with Gasteiger partial charge >= 0.3 is 0 Å². The van der Waals surface area contributed by atoms with Gasteiger partial charge in [-0.25, -0.2) is 4.98 Å². The first kappa shape index (κ1) is 17.3. The zero-order valence-electron chi connectivity index (χ0n) is 17.0. The Morgan fingerprint density at radius 2 is 1.86 bits per heavy atom. The van der Waals surface area contributed by atoms with Gasteiger partial charge in [0.25, 0.3) is 0 Å². The van der Waals surface area contributed by atoms with E-state index in [4.69, 9.17) is 19.6 Å². The molecule has 0 unspecified atom stereocenters. The minimum Gasteiger partial charge on any atom is -0.454 e. The Labute approximate surface area is 165 Å². The van der Waals surface area contributed by atoms with Gasteiger partial charge in [-0.05, 0) is 50.8 Å². The molecule has 2 aromatic heterocycles. The molecule has 0 aliphatic carbocycles. The number of benzene rings is 1. The molecule has 0 saturated heterocycles. The average molecular weight is 378 g/mol. The molecule has 0 fully saturated rings. The molecule has 3 aromatic rings. The summed E-state index contributed by atoms with van der Waals surface area (Å²) in [5.41, 5.74) is 6.48. The third-order valence-corrected chi connectivity index (χ3v) is 6.14. The number of nitrogens with zero attached hydrogens (tertiary/aromatic N) is 4. The van der Waals surface area contributed by atoms with Crippen molar-refractivity contribution in [3.63, 3.8) is 0 Å². The van der Waals surface area contributed by atoms with Crippen molar-refractivity contribution in [1.29, 1.82) is 0 Å². The fourth-order valence-corrected chi connectivity index (χ4v) is 4.68. The van der Waals surface area contributed by atoms with E-state index in [9.17, 15) is 0 Å². The molecular weight excluding hydrogens is 352 g/mol. The van der Waals surface area contributed by atoms with Crippen molar-refractivity contribution < 1.29 is 9.47 Å². The molecule has 146 valence electrons. The van der Waals surface area contributed by atoms with E-state index in [-0.39, 0.29) is 6.79 Å². The summed E-state index contributed by atoms with van der Waals surface area (Å²) in [5.74, 6) is 2.81. The Hall–Kier alpha value is -2.76. The van der Waals surface area contributed by atoms with Gasteiger partial charge in [0.1, 0.15) is 5.82 Å². The maximum Gasteiger partial charge on any atom is 0.231 e. The number of hydrogen-bond donors (Lipinski definition) is 0. The quantitative estimate of drug-likeness (QED) is 0.678. The van der Waals surface area contributed by atoms with Crippen LogP contribution in [0.25, 0.3) is 16.8 Å². The lowest BCUT2D eigenvalue weighted by molar-refractivity contribution is 0.174. The topological polar surface area (TPSA) is 51.9 Å². The molecule has 2 aliphatic heterocycles. The number of aromatic nitrogens is 3. The van der Waals surface area contributed by atoms with Gasteiger partial charge in [0.15, 0.2) is 17.1 Å². The molecule has 5 rings (SSSR count). The largest absolute Gasteiger partial charge is 0.454 e. The number of anilines is 1. The summed E-state index contributed by atoms with van der Waals surface area (Å²) in [6.45, 7) is 10.0. The standard InChI is InChI=1S/C22H26N4O2/c1-5-16(6-2)25-10-9-17-13(3)23-21-20(14(4)24-26(21)22(17)25)15-7-8-18-19(11-15)28-12-27-18/h7-8,11,16H,5-6,9-10,12H2,1-4H3. The molecule has 0 atom stereocenters. The molecule has 0 N–H and O–H groups in total. The molecule has 6 heteroatoms. The van der Waals surface area contributed by atoms with Crippen LogP contribution in [0, 0.1) is 13.8 Å². The third kappa shape index (κ3) is 2.40. The van der Waals surface area contributed by atoms with Crippen LogP contribution >= 0.6 is 0 Å². The first-order valence-electron chi connectivity index (χ1n) is 10.2. The number of hydrogen-bond acceptors (Lipinski definition) is 5. The van der Waals surface area contributed by atoms with Gasteiger partial charge in [0.2, 0.25) is 6.79 Å². The minimum absolute atomic E-state index is 0.280. The lowest BCUT2D eigenvalue weighted by Crippen LogP contribution is -2.34. The molecular formula is C22H26N4O2. The highest BCUT2D eigenvalue weighted by atomic mass is 16.7. The minimum atomic E-state index is 0.280. The van der Waals surface area contributed by atoms with Crippen LogP contribution in [0.1, 0.15) is 43.6 Å². The van der Waals surface area contributed by atoms with Gasteiger partial charge in [-0.3, -0.25) is 0 Å². The Morgan fingerprint density at radius 1 is 1.07 bits per heavy atom. The van der Waals surface area contributed by atoms with Crippen LogP contribution in [0.3, 0.4) is 0 Å². The summed E-state index contributed by atoms with van der Waals surface area (Å²) in [4.78, 5) is 7.52. The first-order valence-corrected chi connectivity index (χ1v) is 10.2. The van der Waals surface area contributed by atoms with Crippen LogP contribution in [0.5, 0.6) is 11.5 Å². The van der Waals surface area contributed by atoms with E-state index in [1.54, 1.807) is 0 Å². The van der Waals surface area contributed by atoms with Crippen LogP contribution in [-0.2, 0) is 6.42 Å². The predicted molar refractivity (Wildman–Crippen MR) is 109 cm³/mol. The average Bonchev–Trinajstić information content (AvgIpc) is 3.39. The van der Waals surface area contributed by atoms with E-state index in [0.717, 1.165) is 65.5 Å². The molecule has 0 bridgehead atoms. The molecule has 6 nitrogen and oxygen atoms in total. The second-order valence-corrected chi connectivity index (χ2v) is 7.68. The van der Waals surface area contributed by atoms with Gasteiger partial charge in [-0.2, -0.15) is 9.61 Å². The maximum absolute atomic E-state index is 5.59. The summed E-state index contributed by atoms with van der Waals surface area (Å²) >= 11 is 0. The normalized spacial score (nSPS) is 15.1. The zero-order chi connectivity index (χ0) is 19.4. The van der Waals surface area contributed by atoms with Crippen molar-refractivity contribution in [3.05, 3.63) is 35.2 Å². The highest BCUT2D eigenvalue weighted by Gasteiger charge is 2.31. The van der Waals surface area contributed by atoms with E-state index in [0.29, 0.717) is 6.04 Å². The van der Waals surface area contributed by atoms with Gasteiger partial charge in [-0.15, -0.1) is 0 Å². The van der Waals surface area contributed by atoms with Crippen LogP contribution in [0.2, 0.25) is 0 Å². The van der Waals surface area contributed by atoms with Crippen molar-refractivity contribution in [1.82, 2.24) is 14.6 Å². The predicted octanol–water partition coefficient (Wildman–Crippen LogP) is 4.29. The number of aryl methyl sites for hydroxylation is 2. The fraction of sp³-hybridized carbons (Fsp3) is 0.455. The van der Waals surface area contributed by atoms with Gasteiger partial charge in [-0.1, -0.05) is 19.9 Å². The Kier molecular flexibility index (Phi) is 3.96. The van der Waals surface area contributed by atoms with Crippen molar-refractivity contribution in [3.8, 4) is 22.6 Å². The lowest BCUT2D eigenvalue weighted by atomic mass is 10.1. The van der Waals surface area contributed by atoms with E-state index < -0.39 is 0 Å². The smallest absolute Gasteiger partial charge is 0.231 e. The monoisotopic (exact) mass is 378 g/mol. The molecule has 4 heterocycles. The van der Waals surface area contributed by atoms with Crippen molar-refractivity contribution in [2.75, 3.05) is 18.2 Å². The van der Waals surface area contributed by atoms with Gasteiger partial charge in [0.05, 0.1) is 5.69 Å². The van der Waals surface area contributed by atoms with E-state index in [1.165, 1.54) is 11.4 Å². The van der Waals surface area contributed by atoms with Crippen LogP contribution in [0.4, 0.5) is 5.82 Å². The molecule has 1 aromatic carbocycles. The van der Waals surface area contributed by atoms with E-state index in [2.05, 4.69) is 43.2 Å². The maximum atomic E-state index is 5.59. The first-order chi connectivity index (χ1) is 13.6. The Bertz CT molecular complexity index is 1070. The molecule has 28 heavy (non-hydrogen) atoms. The Morgan fingerprint density at radius 3 is 2.64 bits per heavy atom. The van der Waals surface area contributed by atoms with Gasteiger partial charge in [0, 0.05) is 29.4 Å². The number of ether oxygens (including phenoxy) is 2. The second kappa shape index (κ2) is 6.40. The van der Waals surface area contributed by atoms with Crippen LogP contribution in [-0.4, -0.2) is 34.0 Å². The zero-order valence-corrected chi connectivity index (χ0v) is 17.0. The molecule has 0 spiro atoms. The summed E-state index contributed by atoms with van der Waals surface area (Å²) in [6.07, 6.45) is 3.31. The number of fused-ring (bicyclic) bond motifs is 4. The lowest BCUT2D eigenvalue weighted by Gasteiger charge is -2.28. The van der Waals surface area contributed by atoms with Crippen LogP contribution in [0.15, 0.2) is 18.2 Å². The summed E-state index contributed by atoms with van der Waals surface area (Å²) in [7, 11) is 0. The highest BCUT2D eigenvalue weighted by Crippen LogP contribution is 2.40. The van der Waals surface area contributed by atoms with Crippen LogP contribution < -0.4 is 14.4 Å². The summed E-state index contributed by atoms with van der Waals surface area (Å²) < 4.78 is 13.1. The SMILES string of the molecule is CCC(CC)N1CCc2c(C)nc3c(-c4ccc5c(c4)OCO5)c(C)nn3c21. The van der Waals surface area contributed by atoms with E-state index in [1.807, 2.05) is 12.1 Å². The van der Waals surface area contributed by atoms with Crippen molar-refractivity contribution in [2.45, 2.75) is 53.0 Å². The summed E-state index contributed by atoms with van der Waals surface area (Å²) in [5, 5.41) is 4.94. The Balaban J connectivity index is 1.73. The fourth-order valence-electron chi connectivity index (χ4n) is 4.68. The number of rotatable bonds is 4. The second-order valence-electron chi connectivity index (χ2n) is 7.68. The molecule has 2 aliphatic rings. The van der Waals surface area contributed by atoms with E-state index >= 15 is 0 Å². The molecule has 0 radical (unpaired) electrons. The summed E-state index contributed by atoms with van der Waals surface area (Å²) in [6, 6.07) is 6.61. The highest BCUT2D eigenvalue weighted by molar-refractivity contribution is 5.83. The molecule has 0 saturated carbocycles. The third-order valence-electron chi connectivity index (χ3n) is 6.14. The van der Waals surface area contributed by atoms with Crippen molar-refractivity contribution in [2.24, 2.45) is 0 Å². The van der Waals surface area contributed by atoms with Gasteiger partial charge < -0.3 is 14.4 Å². The molecule has 0 amide bonds. The van der Waals surface area contributed by atoms with Crippen molar-refractivity contribution >= 4 is 11.5 Å².